The van der Waals surface area contributed by atoms with Gasteiger partial charge in [0.25, 0.3) is 5.91 Å². The molecule has 0 aliphatic carbocycles. The molecule has 0 atom stereocenters. The Hall–Kier alpha value is -3.02. The number of carbonyl (C=O) groups is 2. The predicted molar refractivity (Wildman–Crippen MR) is 103 cm³/mol. The first kappa shape index (κ1) is 19.3. The van der Waals surface area contributed by atoms with Crippen molar-refractivity contribution in [3.05, 3.63) is 59.7 Å². The number of hydrogen-bond acceptors (Lipinski definition) is 4. The van der Waals surface area contributed by atoms with Gasteiger partial charge in [0, 0.05) is 24.5 Å². The Kier molecular flexibility index (Phi) is 7.02. The largest absolute Gasteiger partial charge is 0.436 e. The van der Waals surface area contributed by atoms with Crippen LogP contribution in [0.5, 0.6) is 0 Å². The summed E-state index contributed by atoms with van der Waals surface area (Å²) in [4.78, 5) is 30.7. The molecule has 0 spiro atoms. The highest BCUT2D eigenvalue weighted by Gasteiger charge is 2.10. The molecule has 0 bridgehead atoms. The Morgan fingerprint density at radius 3 is 2.35 bits per heavy atom. The summed E-state index contributed by atoms with van der Waals surface area (Å²) in [6.45, 7) is 7.94. The predicted octanol–water partition coefficient (Wildman–Crippen LogP) is 3.66. The van der Waals surface area contributed by atoms with Crippen molar-refractivity contribution in [3.63, 3.8) is 0 Å². The monoisotopic (exact) mass is 355 g/mol. The van der Waals surface area contributed by atoms with Gasteiger partial charge in [-0.15, -0.1) is 0 Å². The van der Waals surface area contributed by atoms with Gasteiger partial charge in [0.2, 0.25) is 0 Å². The summed E-state index contributed by atoms with van der Waals surface area (Å²) in [5.41, 5.74) is 5.66. The van der Waals surface area contributed by atoms with Gasteiger partial charge >= 0.3 is 6.09 Å². The Morgan fingerprint density at radius 1 is 1.04 bits per heavy atom. The van der Waals surface area contributed by atoms with Gasteiger partial charge in [0.05, 0.1) is 6.42 Å². The highest BCUT2D eigenvalue weighted by Crippen LogP contribution is 2.22. The molecule has 0 aromatic heterocycles. The van der Waals surface area contributed by atoms with Crippen LogP contribution in [0, 0.1) is 6.92 Å². The Labute approximate surface area is 154 Å². The van der Waals surface area contributed by atoms with Crippen LogP contribution in [0.15, 0.2) is 48.5 Å². The minimum Gasteiger partial charge on any atom is -0.372 e. The minimum atomic E-state index is -0.731. The van der Waals surface area contributed by atoms with Gasteiger partial charge in [0.1, 0.15) is 0 Å². The van der Waals surface area contributed by atoms with Gasteiger partial charge < -0.3 is 9.74 Å². The van der Waals surface area contributed by atoms with Crippen LogP contribution in [0.1, 0.15) is 25.0 Å². The van der Waals surface area contributed by atoms with Crippen LogP contribution in [-0.2, 0) is 16.1 Å². The lowest BCUT2D eigenvalue weighted by molar-refractivity contribution is -0.128. The maximum Gasteiger partial charge on any atom is 0.436 e. The molecule has 2 aromatic carbocycles. The van der Waals surface area contributed by atoms with Crippen molar-refractivity contribution in [2.24, 2.45) is 0 Å². The summed E-state index contributed by atoms with van der Waals surface area (Å²) >= 11 is 0. The van der Waals surface area contributed by atoms with Gasteiger partial charge in [-0.25, -0.2) is 4.79 Å². The van der Waals surface area contributed by atoms with Crippen LogP contribution >= 0.6 is 0 Å². The van der Waals surface area contributed by atoms with Gasteiger partial charge in [-0.05, 0) is 50.1 Å². The number of nitrogens with zero attached hydrogens (tertiary/aromatic N) is 1. The van der Waals surface area contributed by atoms with E-state index in [1.165, 1.54) is 0 Å². The number of anilines is 2. The summed E-state index contributed by atoms with van der Waals surface area (Å²) in [7, 11) is 0. The van der Waals surface area contributed by atoms with Crippen LogP contribution in [0.2, 0.25) is 0 Å². The van der Waals surface area contributed by atoms with E-state index in [1.807, 2.05) is 55.5 Å². The van der Waals surface area contributed by atoms with E-state index in [2.05, 4.69) is 29.5 Å². The maximum absolute atomic E-state index is 11.9. The molecule has 0 saturated carbocycles. The zero-order chi connectivity index (χ0) is 18.9. The summed E-state index contributed by atoms with van der Waals surface area (Å²) in [6.07, 6.45) is -0.587. The van der Waals surface area contributed by atoms with Crippen molar-refractivity contribution in [1.82, 2.24) is 5.48 Å². The highest BCUT2D eigenvalue weighted by atomic mass is 16.7. The molecule has 6 nitrogen and oxygen atoms in total. The molecule has 138 valence electrons. The fourth-order valence-corrected chi connectivity index (χ4v) is 2.63. The lowest BCUT2D eigenvalue weighted by atomic mass is 10.1. The molecule has 6 heteroatoms. The number of amides is 2. The van der Waals surface area contributed by atoms with Crippen LogP contribution < -0.4 is 15.7 Å². The van der Waals surface area contributed by atoms with E-state index in [-0.39, 0.29) is 12.3 Å². The van der Waals surface area contributed by atoms with E-state index in [1.54, 1.807) is 0 Å². The topological polar surface area (TPSA) is 70.7 Å². The Morgan fingerprint density at radius 2 is 1.73 bits per heavy atom. The van der Waals surface area contributed by atoms with Crippen LogP contribution in [0.25, 0.3) is 0 Å². The standard InChI is InChI=1S/C20H25N3O3/c1-4-23(5-2)17-11-12-18(15(3)13-17)21-20(25)26-22-19(24)14-16-9-7-6-8-10-16/h6-13H,4-5,14H2,1-3H3,(H,21,25)(H,22,24). The second kappa shape index (κ2) is 9.46. The zero-order valence-corrected chi connectivity index (χ0v) is 15.4. The number of rotatable bonds is 6. The van der Waals surface area contributed by atoms with Crippen molar-refractivity contribution in [2.75, 3.05) is 23.3 Å². The Bertz CT molecular complexity index is 743. The van der Waals surface area contributed by atoms with Crippen LogP contribution in [0.3, 0.4) is 0 Å². The third-order valence-corrected chi connectivity index (χ3v) is 4.04. The normalized spacial score (nSPS) is 10.1. The van der Waals surface area contributed by atoms with E-state index in [0.717, 1.165) is 29.9 Å². The number of carbonyl (C=O) groups excluding carboxylic acids is 2. The molecule has 2 N–H and O–H groups in total. The smallest absolute Gasteiger partial charge is 0.372 e. The van der Waals surface area contributed by atoms with Gasteiger partial charge in [0.15, 0.2) is 0 Å². The van der Waals surface area contributed by atoms with Crippen molar-refractivity contribution in [2.45, 2.75) is 27.2 Å². The quantitative estimate of drug-likeness (QED) is 0.776. The molecule has 0 fully saturated rings. The van der Waals surface area contributed by atoms with Crippen molar-refractivity contribution in [1.29, 1.82) is 0 Å². The number of nitrogens with one attached hydrogen (secondary N) is 2. The van der Waals surface area contributed by atoms with E-state index in [4.69, 9.17) is 4.84 Å². The van der Waals surface area contributed by atoms with Crippen LogP contribution in [-0.4, -0.2) is 25.1 Å². The molecule has 0 radical (unpaired) electrons. The highest BCUT2D eigenvalue weighted by molar-refractivity contribution is 5.87. The molecule has 2 rings (SSSR count). The lowest BCUT2D eigenvalue weighted by Gasteiger charge is -2.22. The van der Waals surface area contributed by atoms with Crippen molar-refractivity contribution < 1.29 is 14.4 Å². The van der Waals surface area contributed by atoms with E-state index in [0.29, 0.717) is 5.69 Å². The zero-order valence-electron chi connectivity index (χ0n) is 15.4. The van der Waals surface area contributed by atoms with E-state index >= 15 is 0 Å². The molecule has 0 heterocycles. The molecule has 2 aromatic rings. The van der Waals surface area contributed by atoms with E-state index in [9.17, 15) is 9.59 Å². The first-order chi connectivity index (χ1) is 12.5. The Balaban J connectivity index is 1.86. The number of aryl methyl sites for hydroxylation is 1. The molecule has 0 aliphatic heterocycles. The van der Waals surface area contributed by atoms with Crippen molar-refractivity contribution >= 4 is 23.4 Å². The SMILES string of the molecule is CCN(CC)c1ccc(NC(=O)ONC(=O)Cc2ccccc2)c(C)c1. The molecular formula is C20H25N3O3. The molecule has 0 unspecified atom stereocenters. The molecule has 0 aliphatic rings. The summed E-state index contributed by atoms with van der Waals surface area (Å²) < 4.78 is 0. The molecular weight excluding hydrogens is 330 g/mol. The third-order valence-electron chi connectivity index (χ3n) is 4.04. The average Bonchev–Trinajstić information content (AvgIpc) is 2.64. The van der Waals surface area contributed by atoms with Gasteiger partial charge in [-0.1, -0.05) is 30.3 Å². The minimum absolute atomic E-state index is 0.145. The van der Waals surface area contributed by atoms with Crippen LogP contribution in [0.4, 0.5) is 16.2 Å². The first-order valence-corrected chi connectivity index (χ1v) is 8.69. The molecule has 26 heavy (non-hydrogen) atoms. The fraction of sp³-hybridized carbons (Fsp3) is 0.300. The number of hydroxylamine groups is 1. The lowest BCUT2D eigenvalue weighted by Crippen LogP contribution is -2.30. The summed E-state index contributed by atoms with van der Waals surface area (Å²) in [5, 5.41) is 2.64. The second-order valence-electron chi connectivity index (χ2n) is 5.87. The van der Waals surface area contributed by atoms with E-state index < -0.39 is 6.09 Å². The van der Waals surface area contributed by atoms with Crippen molar-refractivity contribution in [3.8, 4) is 0 Å². The molecule has 2 amide bonds. The number of hydrogen-bond donors (Lipinski definition) is 2. The third kappa shape index (κ3) is 5.51. The van der Waals surface area contributed by atoms with Gasteiger partial charge in [-0.2, -0.15) is 5.48 Å². The average molecular weight is 355 g/mol. The maximum atomic E-state index is 11.9. The summed E-state index contributed by atoms with van der Waals surface area (Å²) in [6, 6.07) is 15.0. The number of benzene rings is 2. The summed E-state index contributed by atoms with van der Waals surface area (Å²) in [5.74, 6) is -0.389. The second-order valence-corrected chi connectivity index (χ2v) is 5.87. The fourth-order valence-electron chi connectivity index (χ4n) is 2.63. The van der Waals surface area contributed by atoms with Gasteiger partial charge in [-0.3, -0.25) is 10.1 Å². The molecule has 0 saturated heterocycles. The first-order valence-electron chi connectivity index (χ1n) is 8.69.